The topological polar surface area (TPSA) is 64.1 Å². The summed E-state index contributed by atoms with van der Waals surface area (Å²) in [6, 6.07) is 14.1. The van der Waals surface area contributed by atoms with Crippen molar-refractivity contribution in [3.8, 4) is 5.75 Å². The van der Waals surface area contributed by atoms with Gasteiger partial charge in [-0.15, -0.1) is 10.2 Å². The van der Waals surface area contributed by atoms with Crippen molar-refractivity contribution in [1.29, 1.82) is 0 Å². The zero-order valence-electron chi connectivity index (χ0n) is 13.9. The Morgan fingerprint density at radius 2 is 2.08 bits per heavy atom. The number of nitrogens with zero attached hydrogens (tertiary/aromatic N) is 2. The molecule has 0 aliphatic heterocycles. The summed E-state index contributed by atoms with van der Waals surface area (Å²) in [7, 11) is 0. The van der Waals surface area contributed by atoms with Gasteiger partial charge in [0.1, 0.15) is 11.6 Å². The van der Waals surface area contributed by atoms with Crippen LogP contribution < -0.4 is 10.1 Å². The van der Waals surface area contributed by atoms with Crippen LogP contribution >= 0.6 is 23.1 Å². The highest BCUT2D eigenvalue weighted by atomic mass is 32.2. The zero-order valence-corrected chi connectivity index (χ0v) is 15.6. The molecule has 1 aromatic heterocycles. The Bertz CT molecular complexity index is 901. The third kappa shape index (κ3) is 5.27. The van der Waals surface area contributed by atoms with E-state index in [1.54, 1.807) is 24.3 Å². The van der Waals surface area contributed by atoms with Crippen molar-refractivity contribution in [2.75, 3.05) is 11.9 Å². The van der Waals surface area contributed by atoms with Crippen molar-refractivity contribution in [1.82, 2.24) is 10.2 Å². The quantitative estimate of drug-likeness (QED) is 0.482. The van der Waals surface area contributed by atoms with Gasteiger partial charge >= 0.3 is 0 Å². The number of hydrogen-bond donors (Lipinski definition) is 1. The number of rotatable bonds is 7. The molecule has 0 spiro atoms. The van der Waals surface area contributed by atoms with Crippen LogP contribution in [0.3, 0.4) is 0 Å². The van der Waals surface area contributed by atoms with Gasteiger partial charge < -0.3 is 4.74 Å². The number of benzene rings is 2. The largest absolute Gasteiger partial charge is 0.484 e. The molecule has 134 valence electrons. The van der Waals surface area contributed by atoms with Crippen LogP contribution in [0.15, 0.2) is 52.9 Å². The first-order chi connectivity index (χ1) is 12.6. The van der Waals surface area contributed by atoms with E-state index in [9.17, 15) is 9.18 Å². The third-order valence-electron chi connectivity index (χ3n) is 3.32. The molecule has 26 heavy (non-hydrogen) atoms. The van der Waals surface area contributed by atoms with Crippen LogP contribution in [0.4, 0.5) is 9.52 Å². The molecule has 0 saturated carbocycles. The van der Waals surface area contributed by atoms with E-state index in [0.29, 0.717) is 26.5 Å². The maximum Gasteiger partial charge on any atom is 0.264 e. The van der Waals surface area contributed by atoms with Gasteiger partial charge in [0.05, 0.1) is 0 Å². The number of carbonyl (C=O) groups excluding carboxylic acids is 1. The van der Waals surface area contributed by atoms with Gasteiger partial charge in [-0.2, -0.15) is 0 Å². The van der Waals surface area contributed by atoms with Gasteiger partial charge in [0, 0.05) is 5.75 Å². The first-order valence-corrected chi connectivity index (χ1v) is 9.59. The fourth-order valence-corrected chi connectivity index (χ4v) is 3.84. The molecule has 0 aliphatic carbocycles. The summed E-state index contributed by atoms with van der Waals surface area (Å²) >= 11 is 2.61. The lowest BCUT2D eigenvalue weighted by Crippen LogP contribution is -2.20. The monoisotopic (exact) mass is 389 g/mol. The average molecular weight is 389 g/mol. The molecule has 0 atom stereocenters. The minimum atomic E-state index is -0.312. The molecular formula is C18H16FN3O2S2. The van der Waals surface area contributed by atoms with Crippen molar-refractivity contribution in [2.24, 2.45) is 0 Å². The molecule has 0 saturated heterocycles. The number of aryl methyl sites for hydroxylation is 1. The third-order valence-corrected chi connectivity index (χ3v) is 5.34. The van der Waals surface area contributed by atoms with E-state index >= 15 is 0 Å². The molecule has 0 unspecified atom stereocenters. The lowest BCUT2D eigenvalue weighted by molar-refractivity contribution is -0.118. The van der Waals surface area contributed by atoms with Crippen molar-refractivity contribution in [3.63, 3.8) is 0 Å². The molecule has 8 heteroatoms. The SMILES string of the molecule is Cc1cccc(OCC(=O)Nc2nnc(SCc3ccccc3F)s2)c1. The second kappa shape index (κ2) is 8.77. The van der Waals surface area contributed by atoms with Crippen LogP contribution in [0.2, 0.25) is 0 Å². The summed E-state index contributed by atoms with van der Waals surface area (Å²) < 4.78 is 19.7. The molecule has 0 bridgehead atoms. The normalized spacial score (nSPS) is 10.5. The van der Waals surface area contributed by atoms with Crippen LogP contribution in [0.1, 0.15) is 11.1 Å². The summed E-state index contributed by atoms with van der Waals surface area (Å²) in [4.78, 5) is 12.0. The zero-order chi connectivity index (χ0) is 18.4. The molecule has 1 heterocycles. The molecule has 2 aromatic carbocycles. The first kappa shape index (κ1) is 18.3. The van der Waals surface area contributed by atoms with E-state index in [4.69, 9.17) is 4.74 Å². The Balaban J connectivity index is 1.48. The van der Waals surface area contributed by atoms with Crippen LogP contribution in [0.25, 0.3) is 0 Å². The minimum absolute atomic E-state index is 0.110. The summed E-state index contributed by atoms with van der Waals surface area (Å²) in [5.74, 6) is 0.532. The highest BCUT2D eigenvalue weighted by Gasteiger charge is 2.10. The second-order valence-corrected chi connectivity index (χ2v) is 7.61. The minimum Gasteiger partial charge on any atom is -0.484 e. The summed E-state index contributed by atoms with van der Waals surface area (Å²) in [6.07, 6.45) is 0. The first-order valence-electron chi connectivity index (χ1n) is 7.79. The number of hydrogen-bond acceptors (Lipinski definition) is 6. The van der Waals surface area contributed by atoms with Crippen molar-refractivity contribution in [3.05, 3.63) is 65.5 Å². The Kier molecular flexibility index (Phi) is 6.19. The smallest absolute Gasteiger partial charge is 0.264 e. The summed E-state index contributed by atoms with van der Waals surface area (Å²) in [5.41, 5.74) is 1.66. The van der Waals surface area contributed by atoms with Gasteiger partial charge in [-0.3, -0.25) is 10.1 Å². The van der Waals surface area contributed by atoms with Gasteiger partial charge in [-0.25, -0.2) is 4.39 Å². The predicted octanol–water partition coefficient (Wildman–Crippen LogP) is 4.30. The van der Waals surface area contributed by atoms with E-state index in [1.807, 2.05) is 25.1 Å². The summed E-state index contributed by atoms with van der Waals surface area (Å²) in [5, 5.41) is 11.0. The number of nitrogens with one attached hydrogen (secondary N) is 1. The Labute approximate surface area is 158 Å². The number of carbonyl (C=O) groups is 1. The Morgan fingerprint density at radius 3 is 2.88 bits per heavy atom. The molecule has 0 aliphatic rings. The highest BCUT2D eigenvalue weighted by Crippen LogP contribution is 2.28. The van der Waals surface area contributed by atoms with Crippen LogP contribution in [-0.4, -0.2) is 22.7 Å². The maximum absolute atomic E-state index is 13.6. The Morgan fingerprint density at radius 1 is 1.23 bits per heavy atom. The van der Waals surface area contributed by atoms with Gasteiger partial charge in [0.2, 0.25) is 5.13 Å². The molecular weight excluding hydrogens is 373 g/mol. The van der Waals surface area contributed by atoms with E-state index < -0.39 is 0 Å². The van der Waals surface area contributed by atoms with Crippen molar-refractivity contribution in [2.45, 2.75) is 17.0 Å². The van der Waals surface area contributed by atoms with Gasteiger partial charge in [-0.1, -0.05) is 53.4 Å². The van der Waals surface area contributed by atoms with E-state index in [0.717, 1.165) is 5.56 Å². The molecule has 0 fully saturated rings. The fraction of sp³-hybridized carbons (Fsp3) is 0.167. The highest BCUT2D eigenvalue weighted by molar-refractivity contribution is 8.00. The fourth-order valence-electron chi connectivity index (χ4n) is 2.08. The summed E-state index contributed by atoms with van der Waals surface area (Å²) in [6.45, 7) is 1.84. The number of halogens is 1. The number of ether oxygens (including phenoxy) is 1. The predicted molar refractivity (Wildman–Crippen MR) is 101 cm³/mol. The molecule has 1 amide bonds. The lowest BCUT2D eigenvalue weighted by atomic mass is 10.2. The van der Waals surface area contributed by atoms with Crippen molar-refractivity contribution < 1.29 is 13.9 Å². The Hall–Kier alpha value is -2.45. The number of amides is 1. The van der Waals surface area contributed by atoms with E-state index in [1.165, 1.54) is 29.2 Å². The van der Waals surface area contributed by atoms with Crippen LogP contribution in [0, 0.1) is 12.7 Å². The average Bonchev–Trinajstić information content (AvgIpc) is 3.07. The molecule has 0 radical (unpaired) electrons. The van der Waals surface area contributed by atoms with Crippen LogP contribution in [0.5, 0.6) is 5.75 Å². The number of thioether (sulfide) groups is 1. The van der Waals surface area contributed by atoms with Crippen molar-refractivity contribution >= 4 is 34.1 Å². The molecule has 5 nitrogen and oxygen atoms in total. The second-order valence-electron chi connectivity index (χ2n) is 5.41. The van der Waals surface area contributed by atoms with Crippen LogP contribution in [-0.2, 0) is 10.5 Å². The number of aromatic nitrogens is 2. The van der Waals surface area contributed by atoms with E-state index in [2.05, 4.69) is 15.5 Å². The standard InChI is InChI=1S/C18H16FN3O2S2/c1-12-5-4-7-14(9-12)24-10-16(23)20-17-21-22-18(26-17)25-11-13-6-2-3-8-15(13)19/h2-9H,10-11H2,1H3,(H,20,21,23). The van der Waals surface area contributed by atoms with Gasteiger partial charge in [-0.05, 0) is 36.2 Å². The molecule has 1 N–H and O–H groups in total. The van der Waals surface area contributed by atoms with E-state index in [-0.39, 0.29) is 18.3 Å². The number of anilines is 1. The maximum atomic E-state index is 13.6. The molecule has 3 aromatic rings. The van der Waals surface area contributed by atoms with Gasteiger partial charge in [0.15, 0.2) is 10.9 Å². The van der Waals surface area contributed by atoms with Gasteiger partial charge in [0.25, 0.3) is 5.91 Å². The molecule has 3 rings (SSSR count). The lowest BCUT2D eigenvalue weighted by Gasteiger charge is -2.06.